The minimum atomic E-state index is -4.75. The van der Waals surface area contributed by atoms with E-state index in [9.17, 15) is 18.0 Å². The van der Waals surface area contributed by atoms with Crippen LogP contribution in [0.4, 0.5) is 18.9 Å². The maximum atomic E-state index is 12.0. The summed E-state index contributed by atoms with van der Waals surface area (Å²) in [6, 6.07) is 5.57. The second-order valence-corrected chi connectivity index (χ2v) is 3.19. The number of alkyl halides is 3. The molecular weight excluding hydrogens is 237 g/mol. The summed E-state index contributed by atoms with van der Waals surface area (Å²) in [4.78, 5) is 10.5. The van der Waals surface area contributed by atoms with Gasteiger partial charge < -0.3 is 15.8 Å². The molecule has 0 atom stereocenters. The molecule has 0 unspecified atom stereocenters. The Labute approximate surface area is 95.6 Å². The van der Waals surface area contributed by atoms with Crippen molar-refractivity contribution < 1.29 is 22.7 Å². The molecule has 0 aliphatic carbocycles. The normalized spacial score (nSPS) is 11.0. The zero-order valence-corrected chi connectivity index (χ0v) is 8.75. The van der Waals surface area contributed by atoms with Crippen LogP contribution < -0.4 is 15.8 Å². The summed E-state index contributed by atoms with van der Waals surface area (Å²) in [6.45, 7) is 0.146. The quantitative estimate of drug-likeness (QED) is 0.836. The Bertz CT molecular complexity index is 393. The Kier molecular flexibility index (Phi) is 4.19. The maximum Gasteiger partial charge on any atom is 0.573 e. The average Bonchev–Trinajstić information content (AvgIpc) is 2.17. The summed E-state index contributed by atoms with van der Waals surface area (Å²) < 4.78 is 40.0. The number of hydrogen-bond donors (Lipinski definition) is 2. The van der Waals surface area contributed by atoms with Gasteiger partial charge in [-0.25, -0.2) is 0 Å². The van der Waals surface area contributed by atoms with Crippen LogP contribution in [0.5, 0.6) is 5.75 Å². The molecular formula is C10H11F3N2O2. The number of para-hydroxylation sites is 2. The van der Waals surface area contributed by atoms with Crippen molar-refractivity contribution >= 4 is 11.6 Å². The fourth-order valence-electron chi connectivity index (χ4n) is 1.15. The van der Waals surface area contributed by atoms with Crippen LogP contribution in [-0.4, -0.2) is 18.8 Å². The molecule has 1 amide bonds. The molecule has 0 heterocycles. The van der Waals surface area contributed by atoms with Gasteiger partial charge in [0.1, 0.15) is 0 Å². The van der Waals surface area contributed by atoms with E-state index in [1.807, 2.05) is 0 Å². The predicted octanol–water partition coefficient (Wildman–Crippen LogP) is 1.87. The van der Waals surface area contributed by atoms with E-state index >= 15 is 0 Å². The highest BCUT2D eigenvalue weighted by molar-refractivity contribution is 5.74. The van der Waals surface area contributed by atoms with E-state index in [1.165, 1.54) is 18.2 Å². The number of rotatable bonds is 5. The molecule has 94 valence electrons. The van der Waals surface area contributed by atoms with E-state index in [0.717, 1.165) is 0 Å². The highest BCUT2D eigenvalue weighted by atomic mass is 19.4. The molecule has 0 aliphatic heterocycles. The second-order valence-electron chi connectivity index (χ2n) is 3.19. The second kappa shape index (κ2) is 5.42. The molecule has 17 heavy (non-hydrogen) atoms. The number of primary amides is 1. The summed E-state index contributed by atoms with van der Waals surface area (Å²) >= 11 is 0. The zero-order valence-electron chi connectivity index (χ0n) is 8.75. The first-order valence-corrected chi connectivity index (χ1v) is 4.75. The smallest absolute Gasteiger partial charge is 0.404 e. The summed E-state index contributed by atoms with van der Waals surface area (Å²) in [5.74, 6) is -0.879. The lowest BCUT2D eigenvalue weighted by molar-refractivity contribution is -0.274. The fourth-order valence-corrected chi connectivity index (χ4v) is 1.15. The van der Waals surface area contributed by atoms with Crippen molar-refractivity contribution in [2.45, 2.75) is 12.8 Å². The highest BCUT2D eigenvalue weighted by Crippen LogP contribution is 2.29. The molecule has 0 saturated heterocycles. The van der Waals surface area contributed by atoms with E-state index in [2.05, 4.69) is 10.1 Å². The van der Waals surface area contributed by atoms with Gasteiger partial charge in [0.25, 0.3) is 0 Å². The van der Waals surface area contributed by atoms with Gasteiger partial charge in [-0.05, 0) is 12.1 Å². The molecule has 1 aromatic rings. The van der Waals surface area contributed by atoms with E-state index < -0.39 is 12.3 Å². The molecule has 1 rings (SSSR count). The molecule has 0 fully saturated rings. The van der Waals surface area contributed by atoms with Gasteiger partial charge in [0.2, 0.25) is 5.91 Å². The number of benzene rings is 1. The average molecular weight is 248 g/mol. The predicted molar refractivity (Wildman–Crippen MR) is 55.4 cm³/mol. The SMILES string of the molecule is NC(=O)CCNc1ccccc1OC(F)(F)F. The number of nitrogens with one attached hydrogen (secondary N) is 1. The van der Waals surface area contributed by atoms with Crippen LogP contribution in [0, 0.1) is 0 Å². The number of ether oxygens (including phenoxy) is 1. The van der Waals surface area contributed by atoms with Crippen molar-refractivity contribution in [1.82, 2.24) is 0 Å². The molecule has 7 heteroatoms. The number of hydrogen-bond acceptors (Lipinski definition) is 3. The molecule has 1 aromatic carbocycles. The van der Waals surface area contributed by atoms with E-state index in [-0.39, 0.29) is 24.4 Å². The van der Waals surface area contributed by atoms with Gasteiger partial charge >= 0.3 is 6.36 Å². The third-order valence-corrected chi connectivity index (χ3v) is 1.80. The molecule has 0 aromatic heterocycles. The number of carbonyl (C=O) groups is 1. The largest absolute Gasteiger partial charge is 0.573 e. The van der Waals surface area contributed by atoms with Crippen LogP contribution in [-0.2, 0) is 4.79 Å². The van der Waals surface area contributed by atoms with Crippen LogP contribution in [0.1, 0.15) is 6.42 Å². The third kappa shape index (κ3) is 5.10. The van der Waals surface area contributed by atoms with Crippen LogP contribution in [0.2, 0.25) is 0 Å². The first-order valence-electron chi connectivity index (χ1n) is 4.75. The molecule has 0 radical (unpaired) electrons. The minimum Gasteiger partial charge on any atom is -0.404 e. The third-order valence-electron chi connectivity index (χ3n) is 1.80. The van der Waals surface area contributed by atoms with Crippen LogP contribution in [0.15, 0.2) is 24.3 Å². The summed E-state index contributed by atoms with van der Waals surface area (Å²) in [7, 11) is 0. The molecule has 0 spiro atoms. The lowest BCUT2D eigenvalue weighted by atomic mass is 10.3. The number of halogens is 3. The minimum absolute atomic E-state index is 0.0281. The van der Waals surface area contributed by atoms with Gasteiger partial charge in [-0.1, -0.05) is 12.1 Å². The van der Waals surface area contributed by atoms with Crippen molar-refractivity contribution in [3.05, 3.63) is 24.3 Å². The molecule has 0 saturated carbocycles. The summed E-state index contributed by atoms with van der Waals surface area (Å²) in [6.07, 6.45) is -4.72. The Balaban J connectivity index is 2.67. The van der Waals surface area contributed by atoms with E-state index in [4.69, 9.17) is 5.73 Å². The molecule has 4 nitrogen and oxygen atoms in total. The molecule has 3 N–H and O–H groups in total. The van der Waals surface area contributed by atoms with Crippen molar-refractivity contribution in [2.75, 3.05) is 11.9 Å². The van der Waals surface area contributed by atoms with E-state index in [1.54, 1.807) is 6.07 Å². The number of carbonyl (C=O) groups excluding carboxylic acids is 1. The Morgan fingerprint density at radius 3 is 2.59 bits per heavy atom. The van der Waals surface area contributed by atoms with Gasteiger partial charge in [0.05, 0.1) is 5.69 Å². The topological polar surface area (TPSA) is 64.4 Å². The Morgan fingerprint density at radius 1 is 1.35 bits per heavy atom. The summed E-state index contributed by atoms with van der Waals surface area (Å²) in [5.41, 5.74) is 5.06. The number of amides is 1. The number of nitrogens with two attached hydrogens (primary N) is 1. The van der Waals surface area contributed by atoms with Gasteiger partial charge in [-0.3, -0.25) is 4.79 Å². The van der Waals surface area contributed by atoms with Gasteiger partial charge in [-0.2, -0.15) is 0 Å². The van der Waals surface area contributed by atoms with Gasteiger partial charge in [0, 0.05) is 13.0 Å². The van der Waals surface area contributed by atoms with Crippen molar-refractivity contribution in [2.24, 2.45) is 5.73 Å². The van der Waals surface area contributed by atoms with Crippen LogP contribution >= 0.6 is 0 Å². The van der Waals surface area contributed by atoms with Crippen LogP contribution in [0.25, 0.3) is 0 Å². The van der Waals surface area contributed by atoms with E-state index in [0.29, 0.717) is 0 Å². The lowest BCUT2D eigenvalue weighted by Gasteiger charge is -2.13. The van der Waals surface area contributed by atoms with Crippen LogP contribution in [0.3, 0.4) is 0 Å². The fraction of sp³-hybridized carbons (Fsp3) is 0.300. The molecule has 0 aliphatic rings. The maximum absolute atomic E-state index is 12.0. The first-order chi connectivity index (χ1) is 7.88. The standard InChI is InChI=1S/C10H11F3N2O2/c11-10(12,13)17-8-4-2-1-3-7(8)15-6-5-9(14)16/h1-4,15H,5-6H2,(H2,14,16). The zero-order chi connectivity index (χ0) is 12.9. The van der Waals surface area contributed by atoms with Crippen molar-refractivity contribution in [3.8, 4) is 5.75 Å². The monoisotopic (exact) mass is 248 g/mol. The van der Waals surface area contributed by atoms with Gasteiger partial charge in [-0.15, -0.1) is 13.2 Å². The Morgan fingerprint density at radius 2 is 2.00 bits per heavy atom. The Hall–Kier alpha value is -1.92. The number of anilines is 1. The first kappa shape index (κ1) is 13.1. The van der Waals surface area contributed by atoms with Gasteiger partial charge in [0.15, 0.2) is 5.75 Å². The molecule has 0 bridgehead atoms. The van der Waals surface area contributed by atoms with Crippen molar-refractivity contribution in [1.29, 1.82) is 0 Å². The summed E-state index contributed by atoms with van der Waals surface area (Å²) in [5, 5.41) is 2.64. The highest BCUT2D eigenvalue weighted by Gasteiger charge is 2.31. The van der Waals surface area contributed by atoms with Crippen molar-refractivity contribution in [3.63, 3.8) is 0 Å². The lowest BCUT2D eigenvalue weighted by Crippen LogP contribution is -2.19.